The number of rotatable bonds is 7. The SMILES string of the molecule is Cc1cccc(-n2c(SCC(=O)NCc3ccccc3)nnc2-c2cccnc2)c1C. The molecule has 0 bridgehead atoms. The van der Waals surface area contributed by atoms with Gasteiger partial charge in [-0.2, -0.15) is 0 Å². The number of nitrogens with zero attached hydrogens (tertiary/aromatic N) is 4. The van der Waals surface area contributed by atoms with Crippen molar-refractivity contribution in [2.24, 2.45) is 0 Å². The molecule has 4 rings (SSSR count). The van der Waals surface area contributed by atoms with E-state index in [4.69, 9.17) is 0 Å². The first-order valence-corrected chi connectivity index (χ1v) is 11.0. The number of carbonyl (C=O) groups excluding carboxylic acids is 1. The normalized spacial score (nSPS) is 10.8. The van der Waals surface area contributed by atoms with Crippen LogP contribution in [0.1, 0.15) is 16.7 Å². The van der Waals surface area contributed by atoms with E-state index in [0.29, 0.717) is 17.5 Å². The molecule has 0 spiro atoms. The molecule has 156 valence electrons. The summed E-state index contributed by atoms with van der Waals surface area (Å²) < 4.78 is 2.01. The molecule has 0 saturated carbocycles. The summed E-state index contributed by atoms with van der Waals surface area (Å²) in [6.45, 7) is 4.67. The maximum absolute atomic E-state index is 12.4. The first-order valence-electron chi connectivity index (χ1n) is 9.99. The monoisotopic (exact) mass is 429 g/mol. The zero-order valence-electron chi connectivity index (χ0n) is 17.4. The summed E-state index contributed by atoms with van der Waals surface area (Å²) in [7, 11) is 0. The smallest absolute Gasteiger partial charge is 0.230 e. The van der Waals surface area contributed by atoms with Gasteiger partial charge in [-0.1, -0.05) is 54.2 Å². The van der Waals surface area contributed by atoms with Crippen LogP contribution in [0.2, 0.25) is 0 Å². The summed E-state index contributed by atoms with van der Waals surface area (Å²) in [5.41, 5.74) is 5.26. The highest BCUT2D eigenvalue weighted by atomic mass is 32.2. The van der Waals surface area contributed by atoms with Gasteiger partial charge in [0.25, 0.3) is 0 Å². The lowest BCUT2D eigenvalue weighted by Gasteiger charge is -2.14. The Morgan fingerprint density at radius 1 is 1.00 bits per heavy atom. The summed E-state index contributed by atoms with van der Waals surface area (Å²) >= 11 is 1.37. The van der Waals surface area contributed by atoms with Crippen molar-refractivity contribution in [3.63, 3.8) is 0 Å². The Bertz CT molecular complexity index is 1180. The molecule has 7 heteroatoms. The van der Waals surface area contributed by atoms with E-state index < -0.39 is 0 Å². The fourth-order valence-corrected chi connectivity index (χ4v) is 3.99. The molecule has 0 atom stereocenters. The zero-order chi connectivity index (χ0) is 21.6. The Kier molecular flexibility index (Phi) is 6.43. The summed E-state index contributed by atoms with van der Waals surface area (Å²) in [5.74, 6) is 0.907. The molecule has 0 radical (unpaired) electrons. The van der Waals surface area contributed by atoms with Gasteiger partial charge in [0.05, 0.1) is 11.4 Å². The lowest BCUT2D eigenvalue weighted by Crippen LogP contribution is -2.24. The van der Waals surface area contributed by atoms with Crippen molar-refractivity contribution in [1.82, 2.24) is 25.1 Å². The second kappa shape index (κ2) is 9.57. The minimum absolute atomic E-state index is 0.0488. The van der Waals surface area contributed by atoms with Crippen LogP contribution >= 0.6 is 11.8 Å². The van der Waals surface area contributed by atoms with Crippen molar-refractivity contribution < 1.29 is 4.79 Å². The highest BCUT2D eigenvalue weighted by Crippen LogP contribution is 2.30. The predicted molar refractivity (Wildman–Crippen MR) is 123 cm³/mol. The standard InChI is InChI=1S/C24H23N5OS/c1-17-8-6-12-21(18(17)2)29-23(20-11-7-13-25-15-20)27-28-24(29)31-16-22(30)26-14-19-9-4-3-5-10-19/h3-13,15H,14,16H2,1-2H3,(H,26,30). The molecule has 6 nitrogen and oxygen atoms in total. The molecule has 2 aromatic carbocycles. The van der Waals surface area contributed by atoms with Gasteiger partial charge in [0, 0.05) is 24.5 Å². The molecule has 0 saturated heterocycles. The average molecular weight is 430 g/mol. The van der Waals surface area contributed by atoms with Crippen LogP contribution in [0.3, 0.4) is 0 Å². The maximum atomic E-state index is 12.4. The number of benzene rings is 2. The summed E-state index contributed by atoms with van der Waals surface area (Å²) in [4.78, 5) is 16.7. The Morgan fingerprint density at radius 2 is 1.84 bits per heavy atom. The summed E-state index contributed by atoms with van der Waals surface area (Å²) in [5, 5.41) is 12.5. The molecule has 31 heavy (non-hydrogen) atoms. The minimum Gasteiger partial charge on any atom is -0.351 e. The Hall–Kier alpha value is -3.45. The molecule has 1 amide bonds. The number of pyridine rings is 1. The fourth-order valence-electron chi connectivity index (χ4n) is 3.22. The quantitative estimate of drug-likeness (QED) is 0.442. The van der Waals surface area contributed by atoms with Gasteiger partial charge in [-0.05, 0) is 48.7 Å². The Morgan fingerprint density at radius 3 is 2.61 bits per heavy atom. The number of aromatic nitrogens is 4. The highest BCUT2D eigenvalue weighted by molar-refractivity contribution is 7.99. The van der Waals surface area contributed by atoms with E-state index in [9.17, 15) is 4.79 Å². The molecule has 2 aromatic heterocycles. The van der Waals surface area contributed by atoms with E-state index in [2.05, 4.69) is 40.4 Å². The zero-order valence-corrected chi connectivity index (χ0v) is 18.3. The molecule has 2 heterocycles. The topological polar surface area (TPSA) is 72.7 Å². The number of thioether (sulfide) groups is 1. The third-order valence-electron chi connectivity index (χ3n) is 5.03. The largest absolute Gasteiger partial charge is 0.351 e. The van der Waals surface area contributed by atoms with Crippen LogP contribution in [0.25, 0.3) is 17.1 Å². The molecule has 0 aliphatic carbocycles. The van der Waals surface area contributed by atoms with Gasteiger partial charge in [-0.15, -0.1) is 10.2 Å². The first-order chi connectivity index (χ1) is 15.1. The Labute approximate surface area is 185 Å². The van der Waals surface area contributed by atoms with Gasteiger partial charge >= 0.3 is 0 Å². The first kappa shape index (κ1) is 20.8. The molecule has 4 aromatic rings. The van der Waals surface area contributed by atoms with Crippen LogP contribution in [0.15, 0.2) is 78.2 Å². The van der Waals surface area contributed by atoms with Gasteiger partial charge in [-0.3, -0.25) is 14.3 Å². The van der Waals surface area contributed by atoms with Crippen LogP contribution in [0, 0.1) is 13.8 Å². The van der Waals surface area contributed by atoms with Gasteiger partial charge < -0.3 is 5.32 Å². The van der Waals surface area contributed by atoms with Gasteiger partial charge in [0.15, 0.2) is 11.0 Å². The predicted octanol–water partition coefficient (Wildman–Crippen LogP) is 4.35. The highest BCUT2D eigenvalue weighted by Gasteiger charge is 2.19. The number of nitrogens with one attached hydrogen (secondary N) is 1. The number of aryl methyl sites for hydroxylation is 1. The number of carbonyl (C=O) groups is 1. The third-order valence-corrected chi connectivity index (χ3v) is 5.96. The molecule has 1 N–H and O–H groups in total. The third kappa shape index (κ3) is 4.83. The van der Waals surface area contributed by atoms with Crippen molar-refractivity contribution in [1.29, 1.82) is 0 Å². The van der Waals surface area contributed by atoms with Crippen LogP contribution in [0.4, 0.5) is 0 Å². The maximum Gasteiger partial charge on any atom is 0.230 e. The summed E-state index contributed by atoms with van der Waals surface area (Å²) in [6.07, 6.45) is 3.50. The molecule has 0 fully saturated rings. The number of amides is 1. The van der Waals surface area contributed by atoms with Crippen molar-refractivity contribution in [3.8, 4) is 17.1 Å². The van der Waals surface area contributed by atoms with Gasteiger partial charge in [0.1, 0.15) is 0 Å². The van der Waals surface area contributed by atoms with E-state index in [1.165, 1.54) is 17.3 Å². The number of hydrogen-bond donors (Lipinski definition) is 1. The van der Waals surface area contributed by atoms with Gasteiger partial charge in [0.2, 0.25) is 5.91 Å². The van der Waals surface area contributed by atoms with Crippen molar-refractivity contribution in [2.45, 2.75) is 25.5 Å². The lowest BCUT2D eigenvalue weighted by molar-refractivity contribution is -0.118. The Balaban J connectivity index is 1.58. The minimum atomic E-state index is -0.0488. The van der Waals surface area contributed by atoms with E-state index >= 15 is 0 Å². The second-order valence-electron chi connectivity index (χ2n) is 7.15. The fraction of sp³-hybridized carbons (Fsp3) is 0.167. The molecule has 0 aliphatic rings. The van der Waals surface area contributed by atoms with E-state index in [1.54, 1.807) is 12.4 Å². The van der Waals surface area contributed by atoms with Crippen molar-refractivity contribution in [2.75, 3.05) is 5.75 Å². The van der Waals surface area contributed by atoms with Crippen LogP contribution < -0.4 is 5.32 Å². The van der Waals surface area contributed by atoms with Crippen LogP contribution in [-0.4, -0.2) is 31.4 Å². The average Bonchev–Trinajstić information content (AvgIpc) is 3.23. The lowest BCUT2D eigenvalue weighted by atomic mass is 10.1. The van der Waals surface area contributed by atoms with E-state index in [1.807, 2.05) is 59.2 Å². The number of hydrogen-bond acceptors (Lipinski definition) is 5. The van der Waals surface area contributed by atoms with Crippen LogP contribution in [0.5, 0.6) is 0 Å². The molecule has 0 unspecified atom stereocenters. The summed E-state index contributed by atoms with van der Waals surface area (Å²) in [6, 6.07) is 19.8. The molecule has 0 aliphatic heterocycles. The molecular weight excluding hydrogens is 406 g/mol. The van der Waals surface area contributed by atoms with Crippen molar-refractivity contribution >= 4 is 17.7 Å². The van der Waals surface area contributed by atoms with E-state index in [-0.39, 0.29) is 11.7 Å². The van der Waals surface area contributed by atoms with Gasteiger partial charge in [-0.25, -0.2) is 0 Å². The van der Waals surface area contributed by atoms with Crippen LogP contribution in [-0.2, 0) is 11.3 Å². The molecular formula is C24H23N5OS. The van der Waals surface area contributed by atoms with E-state index in [0.717, 1.165) is 22.4 Å². The second-order valence-corrected chi connectivity index (χ2v) is 8.10. The van der Waals surface area contributed by atoms with Crippen molar-refractivity contribution in [3.05, 3.63) is 89.7 Å².